The second-order valence-electron chi connectivity index (χ2n) is 6.91. The summed E-state index contributed by atoms with van der Waals surface area (Å²) in [5.41, 5.74) is 3.65. The molecule has 7 heteroatoms. The Morgan fingerprint density at radius 2 is 1.93 bits per heavy atom. The first kappa shape index (κ1) is 22.6. The number of carbonyl (C=O) groups is 1. The molecule has 0 spiro atoms. The van der Waals surface area contributed by atoms with Gasteiger partial charge in [-0.1, -0.05) is 6.07 Å². The Morgan fingerprint density at radius 1 is 1.21 bits per heavy atom. The van der Waals surface area contributed by atoms with Crippen LogP contribution in [-0.2, 0) is 11.3 Å². The van der Waals surface area contributed by atoms with Gasteiger partial charge < -0.3 is 24.0 Å². The maximum Gasteiger partial charge on any atom is 0.340 e. The Morgan fingerprint density at radius 3 is 2.55 bits per heavy atom. The second-order valence-corrected chi connectivity index (χ2v) is 6.91. The van der Waals surface area contributed by atoms with Gasteiger partial charge in [0, 0.05) is 34.9 Å². The van der Waals surface area contributed by atoms with Crippen molar-refractivity contribution >= 4 is 29.3 Å². The molecule has 0 aliphatic carbocycles. The number of esters is 1. The molecule has 1 N–H and O–H groups in total. The molecule has 0 saturated carbocycles. The number of nitrogens with zero attached hydrogens (tertiary/aromatic N) is 2. The highest BCUT2D eigenvalue weighted by Crippen LogP contribution is 2.37. The van der Waals surface area contributed by atoms with Crippen LogP contribution in [0.2, 0.25) is 0 Å². The fourth-order valence-electron chi connectivity index (χ4n) is 3.57. The summed E-state index contributed by atoms with van der Waals surface area (Å²) in [5, 5.41) is 11.3. The van der Waals surface area contributed by atoms with Crippen molar-refractivity contribution in [3.05, 3.63) is 53.2 Å². The van der Waals surface area contributed by atoms with Crippen LogP contribution in [0.25, 0.3) is 16.6 Å². The van der Waals surface area contributed by atoms with E-state index in [0.717, 1.165) is 22.6 Å². The number of methoxy groups -OCH3 is 1. The van der Waals surface area contributed by atoms with E-state index in [1.807, 2.05) is 60.8 Å². The summed E-state index contributed by atoms with van der Waals surface area (Å²) >= 11 is 0. The Hall–Kier alpha value is -2.70. The molecule has 0 atom stereocenters. The van der Waals surface area contributed by atoms with Crippen LogP contribution in [0.1, 0.15) is 28.5 Å². The normalized spacial score (nSPS) is 10.8. The van der Waals surface area contributed by atoms with E-state index in [9.17, 15) is 9.90 Å². The number of hydrogen-bond donors (Lipinski definition) is 1. The van der Waals surface area contributed by atoms with E-state index < -0.39 is 5.97 Å². The molecule has 0 radical (unpaired) electrons. The first-order chi connectivity index (χ1) is 13.4. The number of hydrogen-bond acceptors (Lipinski definition) is 5. The van der Waals surface area contributed by atoms with Gasteiger partial charge in [-0.05, 0) is 52.2 Å². The average molecular weight is 419 g/mol. The van der Waals surface area contributed by atoms with Gasteiger partial charge in [-0.25, -0.2) is 4.79 Å². The lowest BCUT2D eigenvalue weighted by atomic mass is 10.0. The predicted octanol–water partition coefficient (Wildman–Crippen LogP) is 4.31. The van der Waals surface area contributed by atoms with Crippen LogP contribution in [0, 0.1) is 6.92 Å². The van der Waals surface area contributed by atoms with E-state index >= 15 is 0 Å². The molecule has 0 fully saturated rings. The zero-order valence-electron chi connectivity index (χ0n) is 17.4. The number of halogens is 1. The summed E-state index contributed by atoms with van der Waals surface area (Å²) < 4.78 is 12.7. The summed E-state index contributed by atoms with van der Waals surface area (Å²) in [6.45, 7) is 4.46. The van der Waals surface area contributed by atoms with Crippen molar-refractivity contribution in [1.29, 1.82) is 0 Å². The Bertz CT molecular complexity index is 1030. The Balaban J connectivity index is 0.00000300. The van der Waals surface area contributed by atoms with Crippen LogP contribution in [0.3, 0.4) is 0 Å². The van der Waals surface area contributed by atoms with Crippen molar-refractivity contribution in [1.82, 2.24) is 9.47 Å². The molecule has 0 aliphatic heterocycles. The summed E-state index contributed by atoms with van der Waals surface area (Å²) in [6, 6.07) is 11.2. The first-order valence-corrected chi connectivity index (χ1v) is 9.21. The number of ether oxygens (including phenoxy) is 2. The number of fused-ring (bicyclic) bond motifs is 1. The first-order valence-electron chi connectivity index (χ1n) is 9.21. The largest absolute Gasteiger partial charge is 0.508 e. The molecule has 3 rings (SSSR count). The highest BCUT2D eigenvalue weighted by Gasteiger charge is 2.25. The van der Waals surface area contributed by atoms with Gasteiger partial charge in [0.1, 0.15) is 11.5 Å². The van der Waals surface area contributed by atoms with E-state index in [2.05, 4.69) is 0 Å². The molecule has 2 aromatic carbocycles. The van der Waals surface area contributed by atoms with Gasteiger partial charge >= 0.3 is 5.97 Å². The summed E-state index contributed by atoms with van der Waals surface area (Å²) in [7, 11) is 5.47. The van der Waals surface area contributed by atoms with Gasteiger partial charge in [0.2, 0.25) is 0 Å². The third kappa shape index (κ3) is 4.18. The maximum absolute atomic E-state index is 12.8. The smallest absolute Gasteiger partial charge is 0.340 e. The Labute approximate surface area is 177 Å². The molecule has 0 aliphatic rings. The van der Waals surface area contributed by atoms with Crippen LogP contribution >= 0.6 is 12.4 Å². The van der Waals surface area contributed by atoms with Crippen LogP contribution < -0.4 is 4.74 Å². The fraction of sp³-hybridized carbons (Fsp3) is 0.318. The van der Waals surface area contributed by atoms with Gasteiger partial charge in [-0.15, -0.1) is 12.4 Å². The van der Waals surface area contributed by atoms with E-state index in [1.165, 1.54) is 0 Å². The minimum atomic E-state index is -0.391. The zero-order valence-corrected chi connectivity index (χ0v) is 18.2. The van der Waals surface area contributed by atoms with E-state index in [-0.39, 0.29) is 24.8 Å². The number of phenols is 1. The van der Waals surface area contributed by atoms with Gasteiger partial charge in [0.15, 0.2) is 0 Å². The molecule has 0 amide bonds. The third-order valence-electron chi connectivity index (χ3n) is 4.72. The van der Waals surface area contributed by atoms with Gasteiger partial charge in [0.25, 0.3) is 0 Å². The lowest BCUT2D eigenvalue weighted by molar-refractivity contribution is 0.0527. The van der Waals surface area contributed by atoms with Crippen LogP contribution in [-0.4, -0.2) is 48.4 Å². The number of aromatic nitrogens is 1. The molecule has 6 nitrogen and oxygen atoms in total. The van der Waals surface area contributed by atoms with E-state index in [4.69, 9.17) is 9.47 Å². The van der Waals surface area contributed by atoms with Crippen molar-refractivity contribution in [2.45, 2.75) is 20.4 Å². The highest BCUT2D eigenvalue weighted by atomic mass is 35.5. The minimum Gasteiger partial charge on any atom is -0.508 e. The summed E-state index contributed by atoms with van der Waals surface area (Å²) in [5.74, 6) is 0.496. The van der Waals surface area contributed by atoms with Crippen molar-refractivity contribution in [3.63, 3.8) is 0 Å². The zero-order chi connectivity index (χ0) is 20.4. The predicted molar refractivity (Wildman–Crippen MR) is 117 cm³/mol. The number of aromatic hydroxyl groups is 1. The molecular weight excluding hydrogens is 392 g/mol. The SMILES string of the molecule is CCOC(=O)c1c(C)n(-c2cccc(OC)c2)c2ccc(O)c(CN(C)C)c12.Cl. The maximum atomic E-state index is 12.8. The molecule has 3 aromatic rings. The summed E-state index contributed by atoms with van der Waals surface area (Å²) in [6.07, 6.45) is 0. The second kappa shape index (κ2) is 9.20. The molecule has 0 bridgehead atoms. The van der Waals surface area contributed by atoms with Crippen LogP contribution in [0.4, 0.5) is 0 Å². The highest BCUT2D eigenvalue weighted by molar-refractivity contribution is 6.08. The van der Waals surface area contributed by atoms with Crippen molar-refractivity contribution in [2.24, 2.45) is 0 Å². The van der Waals surface area contributed by atoms with Crippen molar-refractivity contribution in [3.8, 4) is 17.2 Å². The lowest BCUT2D eigenvalue weighted by Crippen LogP contribution is -2.12. The topological polar surface area (TPSA) is 63.9 Å². The molecule has 1 heterocycles. The minimum absolute atomic E-state index is 0. The number of benzene rings is 2. The quantitative estimate of drug-likeness (QED) is 0.604. The van der Waals surface area contributed by atoms with Crippen LogP contribution in [0.15, 0.2) is 36.4 Å². The monoisotopic (exact) mass is 418 g/mol. The van der Waals surface area contributed by atoms with Crippen molar-refractivity contribution < 1.29 is 19.4 Å². The summed E-state index contributed by atoms with van der Waals surface area (Å²) in [4.78, 5) is 14.8. The van der Waals surface area contributed by atoms with E-state index in [0.29, 0.717) is 23.1 Å². The third-order valence-corrected chi connectivity index (χ3v) is 4.72. The standard InChI is InChI=1S/C22H26N2O4.ClH/c1-6-28-22(26)20-14(2)24(15-8-7-9-16(12-15)27-5)18-10-11-19(25)17(21(18)20)13-23(3)4;/h7-12,25H,6,13H2,1-5H3;1H. The molecule has 29 heavy (non-hydrogen) atoms. The number of phenolic OH excluding ortho intramolecular Hbond substituents is 1. The van der Waals surface area contributed by atoms with E-state index in [1.54, 1.807) is 20.1 Å². The van der Waals surface area contributed by atoms with Gasteiger partial charge in [-0.2, -0.15) is 0 Å². The Kier molecular flexibility index (Phi) is 7.16. The molecule has 0 unspecified atom stereocenters. The molecule has 1 aromatic heterocycles. The molecular formula is C22H27ClN2O4. The molecule has 0 saturated heterocycles. The van der Waals surface area contributed by atoms with Gasteiger partial charge in [-0.3, -0.25) is 0 Å². The average Bonchev–Trinajstić information content (AvgIpc) is 2.96. The van der Waals surface area contributed by atoms with Crippen molar-refractivity contribution in [2.75, 3.05) is 27.8 Å². The molecule has 156 valence electrons. The van der Waals surface area contributed by atoms with Crippen LogP contribution in [0.5, 0.6) is 11.5 Å². The van der Waals surface area contributed by atoms with Gasteiger partial charge in [0.05, 0.1) is 24.8 Å². The lowest BCUT2D eigenvalue weighted by Gasteiger charge is -2.14. The number of rotatable bonds is 6. The fourth-order valence-corrected chi connectivity index (χ4v) is 3.57. The number of carbonyl (C=O) groups excluding carboxylic acids is 1.